The molecule has 2 nitrogen and oxygen atoms in total. The van der Waals surface area contributed by atoms with E-state index >= 15 is 0 Å². The van der Waals surface area contributed by atoms with Gasteiger partial charge in [0.15, 0.2) is 0 Å². The Morgan fingerprint density at radius 1 is 1.13 bits per heavy atom. The zero-order valence-electron chi connectivity index (χ0n) is 14.0. The molecular weight excluding hydrogens is 306 g/mol. The number of quaternary nitrogens is 1. The third-order valence-corrected chi connectivity index (χ3v) is 5.21. The van der Waals surface area contributed by atoms with Gasteiger partial charge in [-0.3, -0.25) is 0 Å². The van der Waals surface area contributed by atoms with E-state index in [0.29, 0.717) is 0 Å². The first kappa shape index (κ1) is 16.6. The first-order valence-corrected chi connectivity index (χ1v) is 9.25. The largest absolute Gasteiger partial charge is 0.493 e. The molecule has 1 N–H and O–H groups in total. The minimum absolute atomic E-state index is 0.786. The van der Waals surface area contributed by atoms with E-state index in [1.807, 2.05) is 30.3 Å². The van der Waals surface area contributed by atoms with Gasteiger partial charge in [0.05, 0.1) is 26.2 Å². The van der Waals surface area contributed by atoms with E-state index < -0.39 is 0 Å². The average Bonchev–Trinajstić information content (AvgIpc) is 2.57. The summed E-state index contributed by atoms with van der Waals surface area (Å²) >= 11 is 6.25. The SMILES string of the molecule is C[C@H]1CCC[NH+](CCCCOc2ccc(Cl)c3ccccc23)C1. The molecule has 0 bridgehead atoms. The van der Waals surface area contributed by atoms with Gasteiger partial charge in [-0.05, 0) is 37.8 Å². The number of rotatable bonds is 6. The second-order valence-electron chi connectivity index (χ2n) is 6.85. The fourth-order valence-electron chi connectivity index (χ4n) is 3.64. The highest BCUT2D eigenvalue weighted by Gasteiger charge is 2.18. The molecule has 1 aliphatic heterocycles. The molecule has 1 fully saturated rings. The van der Waals surface area contributed by atoms with E-state index in [-0.39, 0.29) is 0 Å². The van der Waals surface area contributed by atoms with E-state index in [4.69, 9.17) is 16.3 Å². The van der Waals surface area contributed by atoms with Crippen LogP contribution >= 0.6 is 11.6 Å². The summed E-state index contributed by atoms with van der Waals surface area (Å²) in [5.41, 5.74) is 0. The molecule has 3 heteroatoms. The Morgan fingerprint density at radius 3 is 2.78 bits per heavy atom. The maximum atomic E-state index is 6.25. The van der Waals surface area contributed by atoms with Crippen LogP contribution in [-0.2, 0) is 0 Å². The Kier molecular flexibility index (Phi) is 5.80. The van der Waals surface area contributed by atoms with Crippen LogP contribution in [0.15, 0.2) is 36.4 Å². The lowest BCUT2D eigenvalue weighted by Gasteiger charge is -2.27. The van der Waals surface area contributed by atoms with E-state index in [2.05, 4.69) is 13.0 Å². The van der Waals surface area contributed by atoms with Crippen LogP contribution in [0.4, 0.5) is 0 Å². The zero-order chi connectivity index (χ0) is 16.1. The molecule has 0 aromatic heterocycles. The van der Waals surface area contributed by atoms with Crippen LogP contribution < -0.4 is 9.64 Å². The summed E-state index contributed by atoms with van der Waals surface area (Å²) < 4.78 is 6.02. The van der Waals surface area contributed by atoms with Gasteiger partial charge in [-0.2, -0.15) is 0 Å². The minimum atomic E-state index is 0.786. The molecule has 0 aliphatic carbocycles. The van der Waals surface area contributed by atoms with Crippen LogP contribution in [0.2, 0.25) is 5.02 Å². The summed E-state index contributed by atoms with van der Waals surface area (Å²) in [4.78, 5) is 1.78. The van der Waals surface area contributed by atoms with Crippen molar-refractivity contribution in [2.24, 2.45) is 5.92 Å². The number of hydrogen-bond donors (Lipinski definition) is 1. The van der Waals surface area contributed by atoms with Crippen LogP contribution in [0, 0.1) is 5.92 Å². The van der Waals surface area contributed by atoms with Gasteiger partial charge in [0.2, 0.25) is 0 Å². The van der Waals surface area contributed by atoms with Crippen LogP contribution in [-0.4, -0.2) is 26.2 Å². The van der Waals surface area contributed by atoms with E-state index in [1.165, 1.54) is 38.9 Å². The molecule has 0 amide bonds. The van der Waals surface area contributed by atoms with Crippen molar-refractivity contribution in [2.75, 3.05) is 26.2 Å². The molecule has 1 saturated heterocycles. The van der Waals surface area contributed by atoms with Crippen LogP contribution in [0.3, 0.4) is 0 Å². The van der Waals surface area contributed by atoms with Crippen molar-refractivity contribution >= 4 is 22.4 Å². The van der Waals surface area contributed by atoms with Gasteiger partial charge in [0, 0.05) is 21.7 Å². The van der Waals surface area contributed by atoms with Gasteiger partial charge in [-0.15, -0.1) is 0 Å². The molecule has 1 unspecified atom stereocenters. The van der Waals surface area contributed by atoms with E-state index in [9.17, 15) is 0 Å². The van der Waals surface area contributed by atoms with Crippen LogP contribution in [0.5, 0.6) is 5.75 Å². The molecule has 2 atom stereocenters. The van der Waals surface area contributed by atoms with Gasteiger partial charge >= 0.3 is 0 Å². The predicted octanol–water partition coefficient (Wildman–Crippen LogP) is 3.97. The highest BCUT2D eigenvalue weighted by atomic mass is 35.5. The number of nitrogens with one attached hydrogen (secondary N) is 1. The number of hydrogen-bond acceptors (Lipinski definition) is 1. The summed E-state index contributed by atoms with van der Waals surface area (Å²) in [6.45, 7) is 7.16. The van der Waals surface area contributed by atoms with Crippen molar-refractivity contribution in [3.05, 3.63) is 41.4 Å². The summed E-state index contributed by atoms with van der Waals surface area (Å²) in [6.07, 6.45) is 5.17. The number of benzene rings is 2. The van der Waals surface area contributed by atoms with Crippen molar-refractivity contribution in [1.29, 1.82) is 0 Å². The minimum Gasteiger partial charge on any atom is -0.493 e. The lowest BCUT2D eigenvalue weighted by atomic mass is 10.0. The number of piperidine rings is 1. The van der Waals surface area contributed by atoms with Crippen molar-refractivity contribution in [1.82, 2.24) is 0 Å². The standard InChI is InChI=1S/C20H26ClNO/c1-16-7-6-13-22(15-16)12-4-5-14-23-20-11-10-19(21)17-8-2-3-9-18(17)20/h2-3,8-11,16H,4-7,12-15H2,1H3/p+1/t16-/m0/s1. The zero-order valence-corrected chi connectivity index (χ0v) is 14.7. The Balaban J connectivity index is 1.47. The first-order chi connectivity index (χ1) is 11.2. The van der Waals surface area contributed by atoms with Crippen LogP contribution in [0.25, 0.3) is 10.8 Å². The topological polar surface area (TPSA) is 13.7 Å². The first-order valence-electron chi connectivity index (χ1n) is 8.87. The number of halogens is 1. The predicted molar refractivity (Wildman–Crippen MR) is 97.6 cm³/mol. The molecule has 0 spiro atoms. The molecule has 2 aromatic rings. The Bertz CT molecular complexity index is 643. The van der Waals surface area contributed by atoms with Crippen molar-refractivity contribution < 1.29 is 9.64 Å². The number of ether oxygens (including phenoxy) is 1. The second-order valence-corrected chi connectivity index (χ2v) is 7.26. The molecule has 23 heavy (non-hydrogen) atoms. The molecule has 1 heterocycles. The van der Waals surface area contributed by atoms with Gasteiger partial charge in [-0.25, -0.2) is 0 Å². The summed E-state index contributed by atoms with van der Waals surface area (Å²) in [7, 11) is 0. The van der Waals surface area contributed by atoms with Gasteiger partial charge in [-0.1, -0.05) is 42.8 Å². The molecule has 1 aliphatic rings. The quantitative estimate of drug-likeness (QED) is 0.790. The van der Waals surface area contributed by atoms with Crippen LogP contribution in [0.1, 0.15) is 32.6 Å². The molecule has 2 aromatic carbocycles. The lowest BCUT2D eigenvalue weighted by Crippen LogP contribution is -3.13. The third kappa shape index (κ3) is 4.39. The maximum absolute atomic E-state index is 6.25. The Labute approximate surface area is 144 Å². The highest BCUT2D eigenvalue weighted by Crippen LogP contribution is 2.31. The summed E-state index contributed by atoms with van der Waals surface area (Å²) in [5, 5.41) is 2.96. The van der Waals surface area contributed by atoms with E-state index in [0.717, 1.165) is 40.5 Å². The molecular formula is C20H27ClNO+. The second kappa shape index (κ2) is 8.03. The Morgan fingerprint density at radius 2 is 1.96 bits per heavy atom. The van der Waals surface area contributed by atoms with Gasteiger partial charge in [0.25, 0.3) is 0 Å². The molecule has 0 saturated carbocycles. The Hall–Kier alpha value is -1.25. The molecule has 3 rings (SSSR count). The van der Waals surface area contributed by atoms with Gasteiger partial charge < -0.3 is 9.64 Å². The van der Waals surface area contributed by atoms with E-state index in [1.54, 1.807) is 4.90 Å². The average molecular weight is 333 g/mol. The fourth-order valence-corrected chi connectivity index (χ4v) is 3.87. The highest BCUT2D eigenvalue weighted by molar-refractivity contribution is 6.35. The van der Waals surface area contributed by atoms with Gasteiger partial charge in [0.1, 0.15) is 5.75 Å². The molecule has 124 valence electrons. The monoisotopic (exact) mass is 332 g/mol. The van der Waals surface area contributed by atoms with Crippen molar-refractivity contribution in [3.63, 3.8) is 0 Å². The lowest BCUT2D eigenvalue weighted by molar-refractivity contribution is -0.908. The third-order valence-electron chi connectivity index (χ3n) is 4.88. The van der Waals surface area contributed by atoms with Crippen molar-refractivity contribution in [3.8, 4) is 5.75 Å². The number of likely N-dealkylation sites (tertiary alicyclic amines) is 1. The number of fused-ring (bicyclic) bond motifs is 1. The smallest absolute Gasteiger partial charge is 0.127 e. The summed E-state index contributed by atoms with van der Waals surface area (Å²) in [5.74, 6) is 1.85. The molecule has 0 radical (unpaired) electrons. The number of unbranched alkanes of at least 4 members (excludes halogenated alkanes) is 1. The fraction of sp³-hybridized carbons (Fsp3) is 0.500. The summed E-state index contributed by atoms with van der Waals surface area (Å²) in [6, 6.07) is 12.1. The normalized spacial score (nSPS) is 21.5. The maximum Gasteiger partial charge on any atom is 0.127 e. The van der Waals surface area contributed by atoms with Crippen molar-refractivity contribution in [2.45, 2.75) is 32.6 Å².